The average molecular weight is 339 g/mol. The van der Waals surface area contributed by atoms with E-state index in [4.69, 9.17) is 23.2 Å². The Bertz CT molecular complexity index is 720. The van der Waals surface area contributed by atoms with Gasteiger partial charge in [-0.3, -0.25) is 20.4 Å². The van der Waals surface area contributed by atoms with E-state index in [0.29, 0.717) is 10.6 Å². The lowest BCUT2D eigenvalue weighted by Crippen LogP contribution is -2.42. The highest BCUT2D eigenvalue weighted by Crippen LogP contribution is 2.22. The minimum Gasteiger partial charge on any atom is -0.392 e. The van der Waals surface area contributed by atoms with Crippen molar-refractivity contribution in [1.82, 2.24) is 10.9 Å². The molecule has 0 fully saturated rings. The van der Waals surface area contributed by atoms with Crippen molar-refractivity contribution in [2.24, 2.45) is 0 Å². The van der Waals surface area contributed by atoms with E-state index in [-0.39, 0.29) is 22.8 Å². The number of carbonyl (C=O) groups excluding carboxylic acids is 2. The van der Waals surface area contributed by atoms with Crippen LogP contribution in [-0.4, -0.2) is 16.9 Å². The maximum atomic E-state index is 12.0. The Hall–Kier alpha value is -2.08. The highest BCUT2D eigenvalue weighted by molar-refractivity contribution is 6.42. The largest absolute Gasteiger partial charge is 0.392 e. The molecule has 0 saturated carbocycles. The van der Waals surface area contributed by atoms with Crippen LogP contribution < -0.4 is 10.9 Å². The summed E-state index contributed by atoms with van der Waals surface area (Å²) in [5.74, 6) is -1.06. The summed E-state index contributed by atoms with van der Waals surface area (Å²) in [5, 5.41) is 9.76. The number of rotatable bonds is 3. The van der Waals surface area contributed by atoms with Gasteiger partial charge in [0.1, 0.15) is 0 Å². The Labute approximate surface area is 136 Å². The van der Waals surface area contributed by atoms with Gasteiger partial charge < -0.3 is 5.11 Å². The summed E-state index contributed by atoms with van der Waals surface area (Å²) in [4.78, 5) is 23.9. The number of amides is 2. The number of nitrogens with one attached hydrogen (secondary N) is 2. The van der Waals surface area contributed by atoms with Crippen LogP contribution in [0, 0.1) is 0 Å². The molecule has 7 heteroatoms. The van der Waals surface area contributed by atoms with Crippen LogP contribution in [0.3, 0.4) is 0 Å². The second-order valence-electron chi connectivity index (χ2n) is 4.35. The molecule has 2 aromatic carbocycles. The zero-order valence-electron chi connectivity index (χ0n) is 11.3. The van der Waals surface area contributed by atoms with E-state index in [2.05, 4.69) is 10.9 Å². The summed E-state index contributed by atoms with van der Waals surface area (Å²) in [6, 6.07) is 10.9. The molecule has 0 aliphatic carbocycles. The summed E-state index contributed by atoms with van der Waals surface area (Å²) in [6.45, 7) is -0.273. The molecule has 0 saturated heterocycles. The van der Waals surface area contributed by atoms with Gasteiger partial charge in [0.15, 0.2) is 0 Å². The second-order valence-corrected chi connectivity index (χ2v) is 5.17. The number of hydrogen-bond acceptors (Lipinski definition) is 3. The number of benzene rings is 2. The molecule has 0 unspecified atom stereocenters. The first-order valence-electron chi connectivity index (χ1n) is 6.27. The van der Waals surface area contributed by atoms with Gasteiger partial charge >= 0.3 is 0 Å². The number of halogens is 2. The van der Waals surface area contributed by atoms with Crippen molar-refractivity contribution >= 4 is 35.0 Å². The van der Waals surface area contributed by atoms with E-state index in [1.54, 1.807) is 24.3 Å². The predicted molar refractivity (Wildman–Crippen MR) is 83.8 cm³/mol. The zero-order valence-corrected chi connectivity index (χ0v) is 12.8. The van der Waals surface area contributed by atoms with Crippen LogP contribution >= 0.6 is 23.2 Å². The molecule has 0 heterocycles. The third kappa shape index (κ3) is 3.76. The van der Waals surface area contributed by atoms with Gasteiger partial charge in [0.05, 0.1) is 16.7 Å². The first kappa shape index (κ1) is 16.3. The van der Waals surface area contributed by atoms with Crippen molar-refractivity contribution in [1.29, 1.82) is 0 Å². The average Bonchev–Trinajstić information content (AvgIpc) is 2.54. The number of aliphatic hydroxyl groups excluding tert-OH is 1. The molecule has 2 amide bonds. The Morgan fingerprint density at radius 3 is 2.32 bits per heavy atom. The number of aliphatic hydroxyl groups is 1. The van der Waals surface area contributed by atoms with Crippen LogP contribution in [0.5, 0.6) is 0 Å². The fraction of sp³-hybridized carbons (Fsp3) is 0.0667. The predicted octanol–water partition coefficient (Wildman–Crippen LogP) is 2.56. The molecule has 0 aliphatic heterocycles. The van der Waals surface area contributed by atoms with E-state index in [0.717, 1.165) is 0 Å². The Morgan fingerprint density at radius 2 is 1.64 bits per heavy atom. The van der Waals surface area contributed by atoms with Gasteiger partial charge in [-0.15, -0.1) is 0 Å². The Morgan fingerprint density at radius 1 is 0.955 bits per heavy atom. The van der Waals surface area contributed by atoms with Crippen LogP contribution in [0.2, 0.25) is 10.0 Å². The van der Waals surface area contributed by atoms with E-state index in [1.165, 1.54) is 18.2 Å². The van der Waals surface area contributed by atoms with Crippen LogP contribution in [0.1, 0.15) is 26.3 Å². The van der Waals surface area contributed by atoms with Crippen molar-refractivity contribution < 1.29 is 14.7 Å². The van der Waals surface area contributed by atoms with Crippen LogP contribution in [0.15, 0.2) is 42.5 Å². The normalized spacial score (nSPS) is 10.1. The first-order valence-corrected chi connectivity index (χ1v) is 7.03. The zero-order chi connectivity index (χ0) is 16.1. The number of hydrazine groups is 1. The summed E-state index contributed by atoms with van der Waals surface area (Å²) in [6.07, 6.45) is 0. The van der Waals surface area contributed by atoms with E-state index in [9.17, 15) is 14.7 Å². The smallest absolute Gasteiger partial charge is 0.270 e. The molecule has 0 spiro atoms. The molecule has 2 rings (SSSR count). The van der Waals surface area contributed by atoms with Crippen molar-refractivity contribution in [3.63, 3.8) is 0 Å². The monoisotopic (exact) mass is 338 g/mol. The third-order valence-electron chi connectivity index (χ3n) is 2.90. The highest BCUT2D eigenvalue weighted by atomic mass is 35.5. The molecule has 0 radical (unpaired) electrons. The molecule has 0 aliphatic rings. The van der Waals surface area contributed by atoms with Gasteiger partial charge in [-0.2, -0.15) is 0 Å². The first-order chi connectivity index (χ1) is 10.5. The number of hydrogen-bond donors (Lipinski definition) is 3. The summed E-state index contributed by atoms with van der Waals surface area (Å²) in [7, 11) is 0. The summed E-state index contributed by atoms with van der Waals surface area (Å²) >= 11 is 11.6. The molecule has 0 atom stereocenters. The maximum Gasteiger partial charge on any atom is 0.270 e. The lowest BCUT2D eigenvalue weighted by atomic mass is 10.1. The molecular weight excluding hydrogens is 327 g/mol. The maximum absolute atomic E-state index is 12.0. The fourth-order valence-corrected chi connectivity index (χ4v) is 2.07. The van der Waals surface area contributed by atoms with E-state index in [1.807, 2.05) is 0 Å². The third-order valence-corrected chi connectivity index (χ3v) is 3.64. The summed E-state index contributed by atoms with van der Waals surface area (Å²) in [5.41, 5.74) is 5.55. The second kappa shape index (κ2) is 7.26. The summed E-state index contributed by atoms with van der Waals surface area (Å²) < 4.78 is 0. The Kier molecular flexibility index (Phi) is 5.38. The van der Waals surface area contributed by atoms with E-state index >= 15 is 0 Å². The number of carbonyl (C=O) groups is 2. The molecular formula is C15H12Cl2N2O3. The van der Waals surface area contributed by atoms with Gasteiger partial charge in [0.25, 0.3) is 11.8 Å². The SMILES string of the molecule is O=C(NNC(=O)c1ccccc1CO)c1ccc(Cl)c(Cl)c1. The lowest BCUT2D eigenvalue weighted by molar-refractivity contribution is 0.0845. The van der Waals surface area contributed by atoms with Crippen LogP contribution in [0.25, 0.3) is 0 Å². The van der Waals surface area contributed by atoms with Crippen molar-refractivity contribution in [2.45, 2.75) is 6.61 Å². The van der Waals surface area contributed by atoms with Gasteiger partial charge in [-0.1, -0.05) is 41.4 Å². The van der Waals surface area contributed by atoms with Crippen LogP contribution in [-0.2, 0) is 6.61 Å². The standard InChI is InChI=1S/C15H12Cl2N2O3/c16-12-6-5-9(7-13(12)17)14(21)18-19-15(22)11-4-2-1-3-10(11)8-20/h1-7,20H,8H2,(H,18,21)(H,19,22). The quantitative estimate of drug-likeness (QED) is 0.752. The van der Waals surface area contributed by atoms with Crippen molar-refractivity contribution in [2.75, 3.05) is 0 Å². The van der Waals surface area contributed by atoms with Gasteiger partial charge in [-0.25, -0.2) is 0 Å². The van der Waals surface area contributed by atoms with Gasteiger partial charge in [0, 0.05) is 11.1 Å². The highest BCUT2D eigenvalue weighted by Gasteiger charge is 2.12. The fourth-order valence-electron chi connectivity index (χ4n) is 1.77. The van der Waals surface area contributed by atoms with Gasteiger partial charge in [0.2, 0.25) is 0 Å². The minimum absolute atomic E-state index is 0.242. The van der Waals surface area contributed by atoms with E-state index < -0.39 is 11.8 Å². The topological polar surface area (TPSA) is 78.4 Å². The molecule has 5 nitrogen and oxygen atoms in total. The van der Waals surface area contributed by atoms with Crippen molar-refractivity contribution in [3.05, 3.63) is 69.2 Å². The van der Waals surface area contributed by atoms with Gasteiger partial charge in [-0.05, 0) is 29.8 Å². The molecule has 114 valence electrons. The Balaban J connectivity index is 2.04. The van der Waals surface area contributed by atoms with Crippen LogP contribution in [0.4, 0.5) is 0 Å². The molecule has 22 heavy (non-hydrogen) atoms. The van der Waals surface area contributed by atoms with Crippen molar-refractivity contribution in [3.8, 4) is 0 Å². The molecule has 2 aromatic rings. The molecule has 0 bridgehead atoms. The minimum atomic E-state index is -0.534. The molecule has 3 N–H and O–H groups in total. The lowest BCUT2D eigenvalue weighted by Gasteiger charge is -2.10. The molecule has 0 aromatic heterocycles.